The van der Waals surface area contributed by atoms with Crippen LogP contribution in [0.2, 0.25) is 0 Å². The normalized spacial score (nSPS) is 15.7. The molecule has 1 aliphatic rings. The van der Waals surface area contributed by atoms with E-state index in [9.17, 15) is 18.0 Å². The van der Waals surface area contributed by atoms with E-state index < -0.39 is 17.5 Å². The van der Waals surface area contributed by atoms with Crippen molar-refractivity contribution in [2.45, 2.75) is 19.4 Å². The minimum Gasteiger partial charge on any atom is -0.330 e. The Morgan fingerprint density at radius 2 is 1.85 bits per heavy atom. The van der Waals surface area contributed by atoms with Crippen molar-refractivity contribution >= 4 is 32.7 Å². The van der Waals surface area contributed by atoms with E-state index in [1.807, 2.05) is 25.1 Å². The molecule has 1 aliphatic heterocycles. The fourth-order valence-corrected chi connectivity index (χ4v) is 4.92. The summed E-state index contributed by atoms with van der Waals surface area (Å²) in [4.78, 5) is 19.4. The molecule has 33 heavy (non-hydrogen) atoms. The number of amides is 1. The Hall–Kier alpha value is -3.20. The Balaban J connectivity index is 1.51. The number of nitrogens with zero attached hydrogens (tertiary/aromatic N) is 4. The van der Waals surface area contributed by atoms with Crippen molar-refractivity contribution in [1.82, 2.24) is 19.7 Å². The molecule has 0 bridgehead atoms. The zero-order chi connectivity index (χ0) is 23.4. The van der Waals surface area contributed by atoms with Crippen LogP contribution in [0.4, 0.5) is 13.2 Å². The molecule has 9 heteroatoms. The van der Waals surface area contributed by atoms with Gasteiger partial charge in [0.25, 0.3) is 5.91 Å². The molecule has 5 rings (SSSR count). The highest BCUT2D eigenvalue weighted by Crippen LogP contribution is 2.37. The van der Waals surface area contributed by atoms with E-state index in [2.05, 4.69) is 26.0 Å². The Bertz CT molecular complexity index is 1410. The monoisotopic (exact) mass is 514 g/mol. The van der Waals surface area contributed by atoms with Crippen molar-refractivity contribution in [2.75, 3.05) is 6.54 Å². The summed E-state index contributed by atoms with van der Waals surface area (Å²) in [6.07, 6.45) is 2.15. The summed E-state index contributed by atoms with van der Waals surface area (Å²) in [5.41, 5.74) is 3.49. The molecule has 1 amide bonds. The lowest BCUT2D eigenvalue weighted by Crippen LogP contribution is -2.38. The van der Waals surface area contributed by atoms with Crippen LogP contribution in [0.3, 0.4) is 0 Å². The van der Waals surface area contributed by atoms with E-state index in [0.717, 1.165) is 33.1 Å². The lowest BCUT2D eigenvalue weighted by molar-refractivity contribution is 0.0674. The fourth-order valence-electron chi connectivity index (χ4n) is 4.49. The third-order valence-corrected chi connectivity index (χ3v) is 6.79. The minimum atomic E-state index is -1.50. The van der Waals surface area contributed by atoms with Crippen molar-refractivity contribution in [3.05, 3.63) is 81.3 Å². The summed E-state index contributed by atoms with van der Waals surface area (Å²) < 4.78 is 43.6. The summed E-state index contributed by atoms with van der Waals surface area (Å²) in [7, 11) is 1.67. The first kappa shape index (κ1) is 21.6. The number of rotatable bonds is 2. The number of pyridine rings is 1. The molecule has 3 heterocycles. The molecule has 0 fully saturated rings. The maximum absolute atomic E-state index is 13.9. The van der Waals surface area contributed by atoms with E-state index in [0.29, 0.717) is 29.9 Å². The third-order valence-electron chi connectivity index (χ3n) is 6.10. The molecule has 0 unspecified atom stereocenters. The number of benzene rings is 2. The second kappa shape index (κ2) is 7.98. The quantitative estimate of drug-likeness (QED) is 0.328. The van der Waals surface area contributed by atoms with Gasteiger partial charge in [0.05, 0.1) is 22.9 Å². The first-order valence-electron chi connectivity index (χ1n) is 10.3. The van der Waals surface area contributed by atoms with Crippen molar-refractivity contribution < 1.29 is 18.0 Å². The molecule has 5 nitrogen and oxygen atoms in total. The highest BCUT2D eigenvalue weighted by atomic mass is 79.9. The van der Waals surface area contributed by atoms with Crippen LogP contribution in [0.25, 0.3) is 22.2 Å². The minimum absolute atomic E-state index is 0.142. The molecule has 4 aromatic rings. The van der Waals surface area contributed by atoms with Gasteiger partial charge in [-0.15, -0.1) is 0 Å². The number of hydrogen-bond acceptors (Lipinski definition) is 3. The van der Waals surface area contributed by atoms with Crippen molar-refractivity contribution in [2.24, 2.45) is 7.05 Å². The summed E-state index contributed by atoms with van der Waals surface area (Å²) in [5, 5.41) is 5.39. The van der Waals surface area contributed by atoms with Crippen molar-refractivity contribution in [3.8, 4) is 11.3 Å². The number of aromatic nitrogens is 3. The molecule has 1 atom stereocenters. The van der Waals surface area contributed by atoms with Crippen LogP contribution in [0.5, 0.6) is 0 Å². The maximum Gasteiger partial charge on any atom is 0.254 e. The van der Waals surface area contributed by atoms with Gasteiger partial charge in [-0.2, -0.15) is 5.10 Å². The van der Waals surface area contributed by atoms with E-state index >= 15 is 0 Å². The SMILES string of the molecule is C[C@H]1c2nn(C)c(-c3cc(F)c(F)c(F)c3)c2CCN1C(=O)c1ccc2nccc(Br)c2c1. The number of aryl methyl sites for hydroxylation is 1. The number of fused-ring (bicyclic) bond motifs is 2. The van der Waals surface area contributed by atoms with Gasteiger partial charge in [0.1, 0.15) is 0 Å². The van der Waals surface area contributed by atoms with Gasteiger partial charge in [-0.3, -0.25) is 14.5 Å². The van der Waals surface area contributed by atoms with Gasteiger partial charge >= 0.3 is 0 Å². The average Bonchev–Trinajstić information content (AvgIpc) is 3.14. The Kier molecular flexibility index (Phi) is 5.23. The van der Waals surface area contributed by atoms with Gasteiger partial charge in [0.2, 0.25) is 0 Å². The van der Waals surface area contributed by atoms with Crippen LogP contribution in [-0.4, -0.2) is 32.1 Å². The molecule has 0 aliphatic carbocycles. The second-order valence-electron chi connectivity index (χ2n) is 8.04. The highest BCUT2D eigenvalue weighted by molar-refractivity contribution is 9.10. The van der Waals surface area contributed by atoms with E-state index in [1.54, 1.807) is 24.2 Å². The zero-order valence-electron chi connectivity index (χ0n) is 17.7. The average molecular weight is 515 g/mol. The molecule has 2 aromatic heterocycles. The predicted octanol–water partition coefficient (Wildman–Crippen LogP) is 5.57. The maximum atomic E-state index is 13.9. The fraction of sp³-hybridized carbons (Fsp3) is 0.208. The van der Waals surface area contributed by atoms with Gasteiger partial charge in [0.15, 0.2) is 17.5 Å². The van der Waals surface area contributed by atoms with Crippen LogP contribution in [0.1, 0.15) is 34.6 Å². The zero-order valence-corrected chi connectivity index (χ0v) is 19.3. The third kappa shape index (κ3) is 3.51. The predicted molar refractivity (Wildman–Crippen MR) is 121 cm³/mol. The topological polar surface area (TPSA) is 51.0 Å². The van der Waals surface area contributed by atoms with Gasteiger partial charge in [-0.1, -0.05) is 15.9 Å². The number of hydrogen-bond donors (Lipinski definition) is 0. The largest absolute Gasteiger partial charge is 0.330 e. The van der Waals surface area contributed by atoms with Crippen LogP contribution in [-0.2, 0) is 13.5 Å². The van der Waals surface area contributed by atoms with Gasteiger partial charge in [0, 0.05) is 46.3 Å². The molecular weight excluding hydrogens is 497 g/mol. The molecule has 0 radical (unpaired) electrons. The molecule has 2 aromatic carbocycles. The molecular formula is C24H18BrF3N4O. The summed E-state index contributed by atoms with van der Waals surface area (Å²) >= 11 is 3.50. The lowest BCUT2D eigenvalue weighted by atomic mass is 9.95. The van der Waals surface area contributed by atoms with Gasteiger partial charge < -0.3 is 4.90 Å². The molecule has 0 saturated heterocycles. The number of carbonyl (C=O) groups is 1. The van der Waals surface area contributed by atoms with Crippen molar-refractivity contribution in [1.29, 1.82) is 0 Å². The Labute approximate surface area is 196 Å². The molecule has 0 saturated carbocycles. The van der Waals surface area contributed by atoms with Crippen LogP contribution < -0.4 is 0 Å². The molecule has 0 spiro atoms. The first-order chi connectivity index (χ1) is 15.8. The summed E-state index contributed by atoms with van der Waals surface area (Å²) in [6.45, 7) is 2.28. The Morgan fingerprint density at radius 1 is 1.12 bits per heavy atom. The van der Waals surface area contributed by atoms with Crippen LogP contribution in [0, 0.1) is 17.5 Å². The van der Waals surface area contributed by atoms with E-state index in [1.165, 1.54) is 4.68 Å². The molecule has 0 N–H and O–H groups in total. The number of halogens is 4. The standard InChI is InChI=1S/C24H18BrF3N4O/c1-12-22-15(23(31(2)30-22)14-10-18(26)21(28)19(27)11-14)6-8-32(12)24(33)13-3-4-20-16(9-13)17(25)5-7-29-20/h3-5,7,9-12H,6,8H2,1-2H3/t12-/m0/s1. The smallest absolute Gasteiger partial charge is 0.254 e. The summed E-state index contributed by atoms with van der Waals surface area (Å²) in [5.74, 6) is -4.15. The highest BCUT2D eigenvalue weighted by Gasteiger charge is 2.33. The van der Waals surface area contributed by atoms with E-state index in [-0.39, 0.29) is 17.5 Å². The Morgan fingerprint density at radius 3 is 2.58 bits per heavy atom. The molecule has 168 valence electrons. The summed E-state index contributed by atoms with van der Waals surface area (Å²) in [6, 6.07) is 8.78. The lowest BCUT2D eigenvalue weighted by Gasteiger charge is -2.33. The van der Waals surface area contributed by atoms with Crippen LogP contribution in [0.15, 0.2) is 47.1 Å². The number of carbonyl (C=O) groups excluding carboxylic acids is 1. The van der Waals surface area contributed by atoms with Gasteiger partial charge in [-0.25, -0.2) is 13.2 Å². The van der Waals surface area contributed by atoms with Crippen LogP contribution >= 0.6 is 15.9 Å². The second-order valence-corrected chi connectivity index (χ2v) is 8.89. The van der Waals surface area contributed by atoms with Gasteiger partial charge in [-0.05, 0) is 49.7 Å². The van der Waals surface area contributed by atoms with E-state index in [4.69, 9.17) is 0 Å². The first-order valence-corrected chi connectivity index (χ1v) is 11.1. The van der Waals surface area contributed by atoms with Crippen molar-refractivity contribution in [3.63, 3.8) is 0 Å².